The Morgan fingerprint density at radius 1 is 0.269 bits per heavy atom. The van der Waals surface area contributed by atoms with Gasteiger partial charge in [-0.15, -0.1) is 0 Å². The van der Waals surface area contributed by atoms with Gasteiger partial charge in [-0.1, -0.05) is 301 Å². The number of carbonyl (C=O) groups excluding carboxylic acids is 4. The average molecular weight is 1550 g/mol. The number of aliphatic hydroxyl groups is 1. The van der Waals surface area contributed by atoms with E-state index in [2.05, 4.69) is 186 Å². The molecule has 0 aliphatic carbocycles. The Labute approximate surface area is 655 Å². The van der Waals surface area contributed by atoms with Crippen LogP contribution in [0.1, 0.15) is 323 Å². The van der Waals surface area contributed by atoms with Crippen LogP contribution in [0.15, 0.2) is 158 Å². The molecule has 0 spiro atoms. The second kappa shape index (κ2) is 79.8. The molecule has 0 radical (unpaired) electrons. The summed E-state index contributed by atoms with van der Waals surface area (Å²) in [6.45, 7) is 4.54. The minimum Gasteiger partial charge on any atom is -0.462 e. The molecular formula is C89H148O17P2. The van der Waals surface area contributed by atoms with E-state index in [1.807, 2.05) is 0 Å². The zero-order valence-electron chi connectivity index (χ0n) is 67.5. The zero-order chi connectivity index (χ0) is 78.9. The predicted molar refractivity (Wildman–Crippen MR) is 445 cm³/mol. The first-order chi connectivity index (χ1) is 52.7. The van der Waals surface area contributed by atoms with Crippen LogP contribution in [0.2, 0.25) is 0 Å². The summed E-state index contributed by atoms with van der Waals surface area (Å²) in [4.78, 5) is 73.1. The highest BCUT2D eigenvalue weighted by Crippen LogP contribution is 2.45. The number of ether oxygens (including phenoxy) is 4. The van der Waals surface area contributed by atoms with Crippen molar-refractivity contribution >= 4 is 39.5 Å². The van der Waals surface area contributed by atoms with Gasteiger partial charge in [-0.2, -0.15) is 0 Å². The third-order valence-electron chi connectivity index (χ3n) is 17.0. The smallest absolute Gasteiger partial charge is 0.462 e. The normalized spacial score (nSPS) is 14.6. The van der Waals surface area contributed by atoms with Gasteiger partial charge in [-0.05, 0) is 154 Å². The molecule has 5 atom stereocenters. The number of hydrogen-bond acceptors (Lipinski definition) is 15. The predicted octanol–water partition coefficient (Wildman–Crippen LogP) is 24.8. The van der Waals surface area contributed by atoms with Gasteiger partial charge in [0.25, 0.3) is 0 Å². The summed E-state index contributed by atoms with van der Waals surface area (Å²) >= 11 is 0. The molecule has 108 heavy (non-hydrogen) atoms. The van der Waals surface area contributed by atoms with Gasteiger partial charge in [-0.3, -0.25) is 37.3 Å². The zero-order valence-corrected chi connectivity index (χ0v) is 69.3. The van der Waals surface area contributed by atoms with E-state index in [9.17, 15) is 43.2 Å². The number of rotatable bonds is 77. The molecule has 5 unspecified atom stereocenters. The highest BCUT2D eigenvalue weighted by atomic mass is 31.2. The lowest BCUT2D eigenvalue weighted by molar-refractivity contribution is -0.161. The fourth-order valence-electron chi connectivity index (χ4n) is 10.7. The summed E-state index contributed by atoms with van der Waals surface area (Å²) in [5.41, 5.74) is 0. The fourth-order valence-corrected chi connectivity index (χ4v) is 12.3. The van der Waals surface area contributed by atoms with Gasteiger partial charge in [-0.25, -0.2) is 9.13 Å². The number of phosphoric acid groups is 2. The molecule has 0 heterocycles. The summed E-state index contributed by atoms with van der Waals surface area (Å²) in [6, 6.07) is 0. The average Bonchev–Trinajstić information content (AvgIpc) is 0.917. The lowest BCUT2D eigenvalue weighted by Gasteiger charge is -2.21. The molecule has 0 fully saturated rings. The number of esters is 4. The molecule has 0 bridgehead atoms. The molecule has 19 heteroatoms. The Kier molecular flexibility index (Phi) is 75.8. The largest absolute Gasteiger partial charge is 0.472 e. The SMILES string of the molecule is CC/C=C\C/C=C\C/C=C\C/C=C\C/C=C\CCCCCC(=O)OCC(COP(=O)(O)OCC(O)COP(=O)(O)OCC(COC(=O)CCCCC/C=C\C/C=C\C/C=C\C/C=C\C/C=C\CC)OC(=O)CCCCCCCCCCCCC)OC(=O)CCCCCCCC/C=C\C/C=C\C/C=C\CCCCC. The first-order valence-corrected chi connectivity index (χ1v) is 44.7. The van der Waals surface area contributed by atoms with E-state index in [0.29, 0.717) is 25.7 Å². The number of phosphoric ester groups is 2. The summed E-state index contributed by atoms with van der Waals surface area (Å²) in [6.07, 6.45) is 93.5. The maximum absolute atomic E-state index is 13.1. The van der Waals surface area contributed by atoms with Crippen LogP contribution < -0.4 is 0 Å². The topological polar surface area (TPSA) is 237 Å². The fraction of sp³-hybridized carbons (Fsp3) is 0.663. The van der Waals surface area contributed by atoms with Gasteiger partial charge in [0.15, 0.2) is 12.2 Å². The first kappa shape index (κ1) is 103. The summed E-state index contributed by atoms with van der Waals surface area (Å²) in [5.74, 6) is -2.26. The molecule has 0 aromatic rings. The van der Waals surface area contributed by atoms with Crippen LogP contribution in [0.25, 0.3) is 0 Å². The second-order valence-corrected chi connectivity index (χ2v) is 30.2. The Morgan fingerprint density at radius 3 is 0.769 bits per heavy atom. The monoisotopic (exact) mass is 1550 g/mol. The van der Waals surface area contributed by atoms with Crippen LogP contribution in [0.5, 0.6) is 0 Å². The Balaban J connectivity index is 5.42. The van der Waals surface area contributed by atoms with Crippen LogP contribution in [-0.2, 0) is 65.4 Å². The molecule has 0 rings (SSSR count). The molecule has 616 valence electrons. The van der Waals surface area contributed by atoms with Crippen molar-refractivity contribution in [2.45, 2.75) is 341 Å². The van der Waals surface area contributed by atoms with Crippen molar-refractivity contribution in [3.05, 3.63) is 158 Å². The third-order valence-corrected chi connectivity index (χ3v) is 18.9. The van der Waals surface area contributed by atoms with E-state index < -0.39 is 97.5 Å². The Hall–Kier alpha value is -5.32. The van der Waals surface area contributed by atoms with Crippen molar-refractivity contribution in [1.29, 1.82) is 0 Å². The van der Waals surface area contributed by atoms with E-state index >= 15 is 0 Å². The van der Waals surface area contributed by atoms with E-state index in [1.165, 1.54) is 57.8 Å². The first-order valence-electron chi connectivity index (χ1n) is 41.7. The molecule has 0 aliphatic heterocycles. The summed E-state index contributed by atoms with van der Waals surface area (Å²) in [7, 11) is -9.99. The number of aliphatic hydroxyl groups excluding tert-OH is 1. The second-order valence-electron chi connectivity index (χ2n) is 27.3. The minimum absolute atomic E-state index is 0.0676. The van der Waals surface area contributed by atoms with E-state index in [0.717, 1.165) is 186 Å². The van der Waals surface area contributed by atoms with Crippen LogP contribution in [-0.4, -0.2) is 96.7 Å². The summed E-state index contributed by atoms with van der Waals surface area (Å²) < 4.78 is 68.7. The highest BCUT2D eigenvalue weighted by molar-refractivity contribution is 7.47. The molecule has 0 saturated carbocycles. The molecule has 0 aromatic carbocycles. The van der Waals surface area contributed by atoms with Crippen LogP contribution in [0.4, 0.5) is 0 Å². The lowest BCUT2D eigenvalue weighted by atomic mass is 10.1. The quantitative estimate of drug-likeness (QED) is 0.0169. The van der Waals surface area contributed by atoms with Gasteiger partial charge >= 0.3 is 39.5 Å². The van der Waals surface area contributed by atoms with Crippen LogP contribution >= 0.6 is 15.6 Å². The van der Waals surface area contributed by atoms with Gasteiger partial charge in [0.1, 0.15) is 19.3 Å². The van der Waals surface area contributed by atoms with Gasteiger partial charge in [0.2, 0.25) is 0 Å². The van der Waals surface area contributed by atoms with E-state index in [4.69, 9.17) is 37.0 Å². The van der Waals surface area contributed by atoms with Crippen molar-refractivity contribution in [2.24, 2.45) is 0 Å². The van der Waals surface area contributed by atoms with Crippen LogP contribution in [0, 0.1) is 0 Å². The minimum atomic E-state index is -5.00. The summed E-state index contributed by atoms with van der Waals surface area (Å²) in [5, 5.41) is 10.7. The van der Waals surface area contributed by atoms with E-state index in [-0.39, 0.29) is 25.7 Å². The van der Waals surface area contributed by atoms with E-state index in [1.54, 1.807) is 0 Å². The molecule has 0 amide bonds. The number of carbonyl (C=O) groups is 4. The molecule has 0 aliphatic rings. The number of allylic oxidation sites excluding steroid dienone is 26. The molecule has 17 nitrogen and oxygen atoms in total. The van der Waals surface area contributed by atoms with Crippen molar-refractivity contribution in [2.75, 3.05) is 39.6 Å². The number of hydrogen-bond donors (Lipinski definition) is 3. The van der Waals surface area contributed by atoms with Crippen molar-refractivity contribution in [3.8, 4) is 0 Å². The molecular weight excluding hydrogens is 1400 g/mol. The van der Waals surface area contributed by atoms with Crippen LogP contribution in [0.3, 0.4) is 0 Å². The lowest BCUT2D eigenvalue weighted by Crippen LogP contribution is -2.30. The Morgan fingerprint density at radius 2 is 0.481 bits per heavy atom. The van der Waals surface area contributed by atoms with Crippen molar-refractivity contribution < 1.29 is 80.2 Å². The Bertz CT molecular complexity index is 2660. The van der Waals surface area contributed by atoms with Gasteiger partial charge < -0.3 is 33.8 Å². The molecule has 0 saturated heterocycles. The highest BCUT2D eigenvalue weighted by Gasteiger charge is 2.30. The maximum Gasteiger partial charge on any atom is 0.472 e. The standard InChI is InChI=1S/C89H148O17P2/c1-5-9-13-17-21-25-29-32-35-38-41-44-47-50-54-57-61-65-69-73-86(91)99-79-84(105-88(93)75-71-67-63-59-53-28-24-20-16-12-8-4)81-103-107(95,96)101-77-83(90)78-102-108(97,98)104-82-85(106-89(94)76-72-68-64-60-56-52-49-46-43-40-37-34-31-27-23-19-15-11-7-3)80-100-87(92)74-70-66-62-58-55-51-48-45-42-39-36-33-30-26-22-18-14-10-6-2/h9-10,13-14,21-23,25-27,32-37,41-46,50-51,54-55,83-85,90H,5-8,11-12,15-20,24,28-31,38-40,47-49,52-53,56-82H2,1-4H3,(H,95,96)(H,97,98)/b13-9-,14-10-,25-21-,26-22-,27-23-,35-32-,36-33-,37-34-,44-41-,45-42-,46-43-,54-50-,55-51-. The molecule has 3 N–H and O–H groups in total. The number of unbranched alkanes of at least 4 members (excludes halogenated alkanes) is 25. The maximum atomic E-state index is 13.1. The van der Waals surface area contributed by atoms with Gasteiger partial charge in [0.05, 0.1) is 26.4 Å². The van der Waals surface area contributed by atoms with Crippen molar-refractivity contribution in [1.82, 2.24) is 0 Å². The third kappa shape index (κ3) is 78.8. The molecule has 0 aromatic heterocycles. The van der Waals surface area contributed by atoms with Crippen molar-refractivity contribution in [3.63, 3.8) is 0 Å². The van der Waals surface area contributed by atoms with Gasteiger partial charge in [0, 0.05) is 25.7 Å².